The summed E-state index contributed by atoms with van der Waals surface area (Å²) in [5.41, 5.74) is 0. The van der Waals surface area contributed by atoms with Crippen molar-refractivity contribution in [1.29, 1.82) is 0 Å². The van der Waals surface area contributed by atoms with Crippen LogP contribution in [0.15, 0.2) is 18.2 Å². The molecule has 1 N–H and O–H groups in total. The van der Waals surface area contributed by atoms with Gasteiger partial charge >= 0.3 is 5.97 Å². The summed E-state index contributed by atoms with van der Waals surface area (Å²) in [6, 6.07) is 4.48. The minimum atomic E-state index is -0.971. The summed E-state index contributed by atoms with van der Waals surface area (Å²) < 4.78 is 0.821. The van der Waals surface area contributed by atoms with E-state index >= 15 is 0 Å². The monoisotopic (exact) mass is 343 g/mol. The fourth-order valence-corrected chi connectivity index (χ4v) is 4.32. The Balaban J connectivity index is 2.02. The summed E-state index contributed by atoms with van der Waals surface area (Å²) in [5.74, 6) is -1.29. The zero-order valence-corrected chi connectivity index (χ0v) is 13.1. The predicted octanol–water partition coefficient (Wildman–Crippen LogP) is 3.90. The number of nitrogens with zero attached hydrogens (tertiary/aromatic N) is 1. The zero-order valence-electron chi connectivity index (χ0n) is 10.8. The van der Waals surface area contributed by atoms with Gasteiger partial charge in [-0.3, -0.25) is 4.79 Å². The normalized spacial score (nSPS) is 18.4. The predicted molar refractivity (Wildman–Crippen MR) is 83.5 cm³/mol. The SMILES string of the molecule is O=C(O)[C@@H]1CCCN1C(=O)c1sc2cc(Cl)ccc2c1Cl. The number of rotatable bonds is 2. The van der Waals surface area contributed by atoms with Crippen molar-refractivity contribution >= 4 is 56.5 Å². The van der Waals surface area contributed by atoms with Crippen LogP contribution in [0.1, 0.15) is 22.5 Å². The Morgan fingerprint density at radius 3 is 2.81 bits per heavy atom. The first-order valence-electron chi connectivity index (χ1n) is 6.40. The van der Waals surface area contributed by atoms with Gasteiger partial charge in [-0.1, -0.05) is 29.3 Å². The Labute approximate surface area is 134 Å². The van der Waals surface area contributed by atoms with E-state index in [-0.39, 0.29) is 5.91 Å². The number of carbonyl (C=O) groups is 2. The fraction of sp³-hybridized carbons (Fsp3) is 0.286. The van der Waals surface area contributed by atoms with Crippen molar-refractivity contribution in [1.82, 2.24) is 4.90 Å². The molecule has 1 amide bonds. The summed E-state index contributed by atoms with van der Waals surface area (Å²) in [4.78, 5) is 25.6. The number of benzene rings is 1. The first kappa shape index (κ1) is 14.6. The van der Waals surface area contributed by atoms with Crippen LogP contribution in [0.3, 0.4) is 0 Å². The maximum atomic E-state index is 12.6. The van der Waals surface area contributed by atoms with Crippen LogP contribution >= 0.6 is 34.5 Å². The van der Waals surface area contributed by atoms with Gasteiger partial charge in [0.2, 0.25) is 0 Å². The van der Waals surface area contributed by atoms with E-state index in [1.807, 2.05) is 0 Å². The smallest absolute Gasteiger partial charge is 0.326 e. The number of carboxylic acid groups (broad SMARTS) is 1. The molecule has 3 rings (SSSR count). The molecule has 0 spiro atoms. The molecule has 110 valence electrons. The summed E-state index contributed by atoms with van der Waals surface area (Å²) in [6.07, 6.45) is 1.17. The van der Waals surface area contributed by atoms with Gasteiger partial charge in [-0.25, -0.2) is 4.79 Å². The van der Waals surface area contributed by atoms with Crippen molar-refractivity contribution in [2.75, 3.05) is 6.54 Å². The highest BCUT2D eigenvalue weighted by atomic mass is 35.5. The van der Waals surface area contributed by atoms with Crippen molar-refractivity contribution in [2.45, 2.75) is 18.9 Å². The van der Waals surface area contributed by atoms with Gasteiger partial charge < -0.3 is 10.0 Å². The van der Waals surface area contributed by atoms with E-state index in [0.29, 0.717) is 34.3 Å². The standard InChI is InChI=1S/C14H11Cl2NO3S/c15-7-3-4-8-10(6-7)21-12(11(8)16)13(18)17-5-1-2-9(17)14(19)20/h3-4,6,9H,1-2,5H2,(H,19,20)/t9-/m0/s1. The summed E-state index contributed by atoms with van der Waals surface area (Å²) in [7, 11) is 0. The molecule has 0 radical (unpaired) electrons. The van der Waals surface area contributed by atoms with Crippen LogP contribution < -0.4 is 0 Å². The highest BCUT2D eigenvalue weighted by molar-refractivity contribution is 7.21. The Kier molecular flexibility index (Phi) is 3.82. The third-order valence-electron chi connectivity index (χ3n) is 3.58. The molecule has 1 aromatic heterocycles. The molecule has 0 aliphatic carbocycles. The van der Waals surface area contributed by atoms with E-state index in [2.05, 4.69) is 0 Å². The van der Waals surface area contributed by atoms with E-state index in [1.54, 1.807) is 18.2 Å². The van der Waals surface area contributed by atoms with E-state index in [0.717, 1.165) is 10.1 Å². The van der Waals surface area contributed by atoms with Gasteiger partial charge in [-0.2, -0.15) is 0 Å². The molecule has 7 heteroatoms. The van der Waals surface area contributed by atoms with Crippen molar-refractivity contribution < 1.29 is 14.7 Å². The second-order valence-corrected chi connectivity index (χ2v) is 6.75. The Morgan fingerprint density at radius 2 is 2.10 bits per heavy atom. The summed E-state index contributed by atoms with van der Waals surface area (Å²) >= 11 is 13.5. The molecular weight excluding hydrogens is 333 g/mol. The third-order valence-corrected chi connectivity index (χ3v) is 5.46. The molecular formula is C14H11Cl2NO3S. The van der Waals surface area contributed by atoms with Crippen molar-refractivity contribution in [3.05, 3.63) is 33.1 Å². The van der Waals surface area contributed by atoms with Crippen molar-refractivity contribution in [2.24, 2.45) is 0 Å². The van der Waals surface area contributed by atoms with Crippen molar-refractivity contribution in [3.63, 3.8) is 0 Å². The molecule has 4 nitrogen and oxygen atoms in total. The minimum Gasteiger partial charge on any atom is -0.480 e. The number of fused-ring (bicyclic) bond motifs is 1. The molecule has 1 saturated heterocycles. The molecule has 1 fully saturated rings. The van der Waals surface area contributed by atoms with E-state index in [1.165, 1.54) is 16.2 Å². The highest BCUT2D eigenvalue weighted by Crippen LogP contribution is 2.38. The van der Waals surface area contributed by atoms with Gasteiger partial charge in [0.25, 0.3) is 5.91 Å². The number of carboxylic acids is 1. The van der Waals surface area contributed by atoms with Crippen LogP contribution in [0, 0.1) is 0 Å². The fourth-order valence-electron chi connectivity index (χ4n) is 2.57. The van der Waals surface area contributed by atoms with Gasteiger partial charge in [0.15, 0.2) is 0 Å². The molecule has 21 heavy (non-hydrogen) atoms. The van der Waals surface area contributed by atoms with Gasteiger partial charge in [0.1, 0.15) is 10.9 Å². The van der Waals surface area contributed by atoms with Crippen LogP contribution in [0.25, 0.3) is 10.1 Å². The number of hydrogen-bond donors (Lipinski definition) is 1. The average molecular weight is 344 g/mol. The zero-order chi connectivity index (χ0) is 15.1. The number of thiophene rings is 1. The van der Waals surface area contributed by atoms with E-state index in [9.17, 15) is 14.7 Å². The average Bonchev–Trinajstić information content (AvgIpc) is 3.03. The molecule has 1 aliphatic rings. The van der Waals surface area contributed by atoms with Gasteiger partial charge in [0.05, 0.1) is 5.02 Å². The molecule has 1 aromatic carbocycles. The molecule has 2 aromatic rings. The second-order valence-electron chi connectivity index (χ2n) is 4.88. The summed E-state index contributed by atoms with van der Waals surface area (Å²) in [6.45, 7) is 0.446. The highest BCUT2D eigenvalue weighted by Gasteiger charge is 2.36. The lowest BCUT2D eigenvalue weighted by atomic mass is 10.2. The maximum absolute atomic E-state index is 12.6. The molecule has 1 atom stereocenters. The number of amides is 1. The lowest BCUT2D eigenvalue weighted by Gasteiger charge is -2.20. The Morgan fingerprint density at radius 1 is 1.33 bits per heavy atom. The first-order valence-corrected chi connectivity index (χ1v) is 7.97. The lowest BCUT2D eigenvalue weighted by molar-refractivity contribution is -0.141. The number of likely N-dealkylation sites (tertiary alicyclic amines) is 1. The second kappa shape index (κ2) is 5.48. The number of aliphatic carboxylic acids is 1. The lowest BCUT2D eigenvalue weighted by Crippen LogP contribution is -2.40. The Hall–Kier alpha value is -1.30. The molecule has 1 aliphatic heterocycles. The Bertz CT molecular complexity index is 743. The number of carbonyl (C=O) groups excluding carboxylic acids is 1. The van der Waals surface area contributed by atoms with E-state index < -0.39 is 12.0 Å². The third kappa shape index (κ3) is 2.50. The van der Waals surface area contributed by atoms with Gasteiger partial charge in [-0.05, 0) is 25.0 Å². The molecule has 0 saturated carbocycles. The van der Waals surface area contributed by atoms with Crippen LogP contribution in [-0.2, 0) is 4.79 Å². The maximum Gasteiger partial charge on any atom is 0.326 e. The van der Waals surface area contributed by atoms with Crippen molar-refractivity contribution in [3.8, 4) is 0 Å². The number of hydrogen-bond acceptors (Lipinski definition) is 3. The van der Waals surface area contributed by atoms with Crippen LogP contribution in [0.4, 0.5) is 0 Å². The molecule has 0 unspecified atom stereocenters. The van der Waals surface area contributed by atoms with Crippen LogP contribution in [0.2, 0.25) is 10.0 Å². The topological polar surface area (TPSA) is 57.6 Å². The van der Waals surface area contributed by atoms with Gasteiger partial charge in [-0.15, -0.1) is 11.3 Å². The minimum absolute atomic E-state index is 0.317. The van der Waals surface area contributed by atoms with E-state index in [4.69, 9.17) is 23.2 Å². The van der Waals surface area contributed by atoms with Gasteiger partial charge in [0, 0.05) is 21.7 Å². The molecule has 2 heterocycles. The van der Waals surface area contributed by atoms with Crippen LogP contribution in [-0.4, -0.2) is 34.5 Å². The summed E-state index contributed by atoms with van der Waals surface area (Å²) in [5, 5.41) is 10.9. The number of halogens is 2. The first-order chi connectivity index (χ1) is 9.99. The quantitative estimate of drug-likeness (QED) is 0.899. The molecule has 0 bridgehead atoms. The largest absolute Gasteiger partial charge is 0.480 e. The van der Waals surface area contributed by atoms with Crippen LogP contribution in [0.5, 0.6) is 0 Å².